The molecule has 31 heavy (non-hydrogen) atoms. The average molecular weight is 487 g/mol. The van der Waals surface area contributed by atoms with Gasteiger partial charge < -0.3 is 14.5 Å². The molecular weight excluding hydrogens is 460 g/mol. The number of likely N-dealkylation sites (tertiary alicyclic amines) is 1. The summed E-state index contributed by atoms with van der Waals surface area (Å²) < 4.78 is 6.12. The van der Waals surface area contributed by atoms with Crippen molar-refractivity contribution in [1.29, 1.82) is 0 Å². The van der Waals surface area contributed by atoms with Crippen LogP contribution in [0.15, 0.2) is 46.9 Å². The second-order valence-corrected chi connectivity index (χ2v) is 8.95. The van der Waals surface area contributed by atoms with Gasteiger partial charge in [-0.15, -0.1) is 0 Å². The van der Waals surface area contributed by atoms with E-state index in [1.165, 1.54) is 0 Å². The Morgan fingerprint density at radius 2 is 1.81 bits per heavy atom. The van der Waals surface area contributed by atoms with Gasteiger partial charge in [-0.3, -0.25) is 14.4 Å². The van der Waals surface area contributed by atoms with Crippen molar-refractivity contribution in [3.8, 4) is 5.75 Å². The third-order valence-electron chi connectivity index (χ3n) is 5.60. The van der Waals surface area contributed by atoms with E-state index in [0.29, 0.717) is 29.8 Å². The molecule has 1 heterocycles. The fraction of sp³-hybridized carbons (Fsp3) is 0.375. The summed E-state index contributed by atoms with van der Waals surface area (Å²) in [6, 6.07) is 12.0. The molecule has 2 unspecified atom stereocenters. The maximum atomic E-state index is 13.5. The number of methoxy groups -OCH3 is 1. The van der Waals surface area contributed by atoms with Gasteiger partial charge in [-0.1, -0.05) is 28.1 Å². The van der Waals surface area contributed by atoms with Crippen molar-refractivity contribution >= 4 is 33.4 Å². The molecule has 1 aliphatic heterocycles. The van der Waals surface area contributed by atoms with Crippen LogP contribution >= 0.6 is 15.9 Å². The molecule has 1 aliphatic rings. The van der Waals surface area contributed by atoms with Crippen LogP contribution in [0.5, 0.6) is 5.75 Å². The summed E-state index contributed by atoms with van der Waals surface area (Å²) in [5, 5.41) is 0. The Labute approximate surface area is 191 Å². The quantitative estimate of drug-likeness (QED) is 0.323. The van der Waals surface area contributed by atoms with Gasteiger partial charge in [0.25, 0.3) is 5.91 Å². The maximum absolute atomic E-state index is 13.5. The Bertz CT molecular complexity index is 988. The Kier molecular flexibility index (Phi) is 7.28. The van der Waals surface area contributed by atoms with Gasteiger partial charge in [0.1, 0.15) is 11.7 Å². The molecule has 0 saturated carbocycles. The van der Waals surface area contributed by atoms with Crippen molar-refractivity contribution in [2.45, 2.75) is 19.4 Å². The Morgan fingerprint density at radius 1 is 1.13 bits per heavy atom. The second-order valence-electron chi connectivity index (χ2n) is 8.04. The molecule has 1 amide bonds. The van der Waals surface area contributed by atoms with Crippen LogP contribution in [0.2, 0.25) is 0 Å². The Morgan fingerprint density at radius 3 is 2.39 bits per heavy atom. The molecule has 1 saturated heterocycles. The second kappa shape index (κ2) is 9.75. The predicted molar refractivity (Wildman–Crippen MR) is 122 cm³/mol. The lowest BCUT2D eigenvalue weighted by Crippen LogP contribution is -2.33. The van der Waals surface area contributed by atoms with E-state index in [9.17, 15) is 14.4 Å². The summed E-state index contributed by atoms with van der Waals surface area (Å²) >= 11 is 3.42. The van der Waals surface area contributed by atoms with Crippen LogP contribution in [0.25, 0.3) is 0 Å². The van der Waals surface area contributed by atoms with Crippen molar-refractivity contribution in [3.05, 3.63) is 63.6 Å². The lowest BCUT2D eigenvalue weighted by Gasteiger charge is -2.28. The van der Waals surface area contributed by atoms with E-state index in [4.69, 9.17) is 4.74 Å². The molecule has 0 bridgehead atoms. The first-order valence-corrected chi connectivity index (χ1v) is 11.0. The monoisotopic (exact) mass is 486 g/mol. The number of carbonyl (C=O) groups excluding carboxylic acids is 3. The number of aryl methyl sites for hydroxylation is 1. The normalized spacial score (nSPS) is 18.7. The first-order valence-electron chi connectivity index (χ1n) is 10.2. The van der Waals surface area contributed by atoms with Crippen molar-refractivity contribution in [2.75, 3.05) is 34.3 Å². The summed E-state index contributed by atoms with van der Waals surface area (Å²) in [5.41, 5.74) is 1.92. The third kappa shape index (κ3) is 4.88. The largest absolute Gasteiger partial charge is 0.497 e. The van der Waals surface area contributed by atoms with Crippen molar-refractivity contribution in [2.24, 2.45) is 5.92 Å². The smallest absolute Gasteiger partial charge is 0.291 e. The van der Waals surface area contributed by atoms with Gasteiger partial charge in [0.2, 0.25) is 5.78 Å². The van der Waals surface area contributed by atoms with E-state index in [1.807, 2.05) is 43.3 Å². The van der Waals surface area contributed by atoms with E-state index in [-0.39, 0.29) is 5.78 Å². The zero-order valence-corrected chi connectivity index (χ0v) is 19.8. The van der Waals surface area contributed by atoms with E-state index in [2.05, 4.69) is 15.9 Å². The fourth-order valence-electron chi connectivity index (χ4n) is 4.02. The first kappa shape index (κ1) is 23.2. The van der Waals surface area contributed by atoms with Gasteiger partial charge in [0.05, 0.1) is 13.2 Å². The first-order chi connectivity index (χ1) is 14.7. The summed E-state index contributed by atoms with van der Waals surface area (Å²) in [6.07, 6.45) is 0.710. The lowest BCUT2D eigenvalue weighted by atomic mass is 9.85. The van der Waals surface area contributed by atoms with Crippen LogP contribution in [0, 0.1) is 12.8 Å². The number of ether oxygens (including phenoxy) is 1. The number of Topliss-reactive ketones (excluding diaryl/α,β-unsaturated/α-hetero) is 2. The Balaban J connectivity index is 2.01. The van der Waals surface area contributed by atoms with Crippen molar-refractivity contribution < 1.29 is 19.1 Å². The topological polar surface area (TPSA) is 66.9 Å². The van der Waals surface area contributed by atoms with Crippen LogP contribution in [0.3, 0.4) is 0 Å². The molecule has 0 aliphatic carbocycles. The molecule has 0 N–H and O–H groups in total. The number of rotatable bonds is 8. The fourth-order valence-corrected chi connectivity index (χ4v) is 4.29. The molecule has 164 valence electrons. The number of nitrogens with zero attached hydrogens (tertiary/aromatic N) is 2. The van der Waals surface area contributed by atoms with E-state index in [0.717, 1.165) is 16.6 Å². The molecule has 1 fully saturated rings. The van der Waals surface area contributed by atoms with Crippen molar-refractivity contribution in [3.63, 3.8) is 0 Å². The van der Waals surface area contributed by atoms with Gasteiger partial charge in [-0.05, 0) is 75.4 Å². The van der Waals surface area contributed by atoms with Crippen LogP contribution in [-0.4, -0.2) is 61.6 Å². The number of hydrogen-bond donors (Lipinski definition) is 0. The van der Waals surface area contributed by atoms with Crippen LogP contribution in [0.4, 0.5) is 0 Å². The van der Waals surface area contributed by atoms with Crippen molar-refractivity contribution in [1.82, 2.24) is 9.80 Å². The molecule has 0 spiro atoms. The zero-order valence-electron chi connectivity index (χ0n) is 18.2. The van der Waals surface area contributed by atoms with Crippen LogP contribution in [0.1, 0.15) is 33.9 Å². The maximum Gasteiger partial charge on any atom is 0.291 e. The van der Waals surface area contributed by atoms with Gasteiger partial charge in [0, 0.05) is 16.6 Å². The molecule has 0 aromatic heterocycles. The highest BCUT2D eigenvalue weighted by molar-refractivity contribution is 9.10. The minimum atomic E-state index is -1.07. The standard InChI is InChI=1S/C24H27BrN2O4/c1-15-14-18(31-4)10-11-19(15)22(28)20-21(16-6-8-17(25)9-7-16)27(24(30)23(20)29)13-5-12-26(2)3/h6-11,14,20-21H,5,12-13H2,1-4H3. The highest BCUT2D eigenvalue weighted by Crippen LogP contribution is 2.39. The number of amides is 1. The highest BCUT2D eigenvalue weighted by Gasteiger charge is 2.51. The zero-order chi connectivity index (χ0) is 22.7. The third-order valence-corrected chi connectivity index (χ3v) is 6.13. The molecule has 0 radical (unpaired) electrons. The van der Waals surface area contributed by atoms with Gasteiger partial charge in [-0.25, -0.2) is 0 Å². The van der Waals surface area contributed by atoms with Gasteiger partial charge in [0.15, 0.2) is 5.78 Å². The summed E-state index contributed by atoms with van der Waals surface area (Å²) in [6.45, 7) is 3.00. The number of hydrogen-bond acceptors (Lipinski definition) is 5. The minimum absolute atomic E-state index is 0.332. The van der Waals surface area contributed by atoms with E-state index in [1.54, 1.807) is 37.1 Å². The number of halogens is 1. The lowest BCUT2D eigenvalue weighted by molar-refractivity contribution is -0.140. The highest BCUT2D eigenvalue weighted by atomic mass is 79.9. The molecule has 2 atom stereocenters. The molecule has 2 aromatic carbocycles. The van der Waals surface area contributed by atoms with Gasteiger partial charge in [-0.2, -0.15) is 0 Å². The van der Waals surface area contributed by atoms with Crippen LogP contribution in [-0.2, 0) is 9.59 Å². The summed E-state index contributed by atoms with van der Waals surface area (Å²) in [7, 11) is 5.48. The Hall–Kier alpha value is -2.51. The SMILES string of the molecule is COc1ccc(C(=O)C2C(=O)C(=O)N(CCCN(C)C)C2c2ccc(Br)cc2)c(C)c1. The number of carbonyl (C=O) groups is 3. The molecule has 6 nitrogen and oxygen atoms in total. The molecular formula is C24H27BrN2O4. The van der Waals surface area contributed by atoms with Gasteiger partial charge >= 0.3 is 0 Å². The minimum Gasteiger partial charge on any atom is -0.497 e. The number of benzene rings is 2. The van der Waals surface area contributed by atoms with E-state index < -0.39 is 23.7 Å². The summed E-state index contributed by atoms with van der Waals surface area (Å²) in [5.74, 6) is -1.99. The molecule has 3 rings (SSSR count). The van der Waals surface area contributed by atoms with Crippen LogP contribution < -0.4 is 4.74 Å². The number of ketones is 2. The average Bonchev–Trinajstić information content (AvgIpc) is 2.98. The molecule has 2 aromatic rings. The van der Waals surface area contributed by atoms with E-state index >= 15 is 0 Å². The predicted octanol–water partition coefficient (Wildman–Crippen LogP) is 3.67. The summed E-state index contributed by atoms with van der Waals surface area (Å²) in [4.78, 5) is 43.1. The molecule has 7 heteroatoms.